The van der Waals surface area contributed by atoms with E-state index >= 15 is 0 Å². The lowest BCUT2D eigenvalue weighted by molar-refractivity contribution is -0.137. The highest BCUT2D eigenvalue weighted by atomic mass is 19.1. The number of aryl methyl sites for hydroxylation is 1. The minimum atomic E-state index is -1.07. The molecule has 5 rings (SSSR count). The number of amides is 1. The van der Waals surface area contributed by atoms with Crippen LogP contribution >= 0.6 is 0 Å². The zero-order valence-electron chi connectivity index (χ0n) is 22.9. The smallest absolute Gasteiger partial charge is 0.305 e. The van der Waals surface area contributed by atoms with E-state index in [-0.39, 0.29) is 18.5 Å². The number of pyridine rings is 1. The van der Waals surface area contributed by atoms with Gasteiger partial charge in [0, 0.05) is 29.1 Å². The molecule has 2 aromatic carbocycles. The molecule has 1 atom stereocenters. The second-order valence-corrected chi connectivity index (χ2v) is 9.86. The van der Waals surface area contributed by atoms with Gasteiger partial charge in [-0.25, -0.2) is 4.39 Å². The lowest BCUT2D eigenvalue weighted by Gasteiger charge is -2.16. The summed E-state index contributed by atoms with van der Waals surface area (Å²) in [6.45, 7) is 2.43. The Hall–Kier alpha value is -5.26. The number of nitrogens with one attached hydrogen (secondary N) is 2. The molecular weight excluding hydrogens is 539 g/mol. The van der Waals surface area contributed by atoms with E-state index in [0.717, 1.165) is 34.5 Å². The molecule has 12 heteroatoms. The van der Waals surface area contributed by atoms with E-state index in [2.05, 4.69) is 36.0 Å². The largest absolute Gasteiger partial charge is 0.481 e. The van der Waals surface area contributed by atoms with Crippen LogP contribution in [0.25, 0.3) is 22.6 Å². The summed E-state index contributed by atoms with van der Waals surface area (Å²) < 4.78 is 15.4. The minimum Gasteiger partial charge on any atom is -0.481 e. The normalized spacial score (nSPS) is 11.8. The van der Waals surface area contributed by atoms with Crippen LogP contribution in [0.15, 0.2) is 72.9 Å². The van der Waals surface area contributed by atoms with Gasteiger partial charge in [0.2, 0.25) is 5.82 Å². The maximum atomic E-state index is 13.7. The molecule has 0 spiro atoms. The number of hydrogen-bond donors (Lipinski definition) is 3. The van der Waals surface area contributed by atoms with Crippen molar-refractivity contribution in [2.45, 2.75) is 45.2 Å². The van der Waals surface area contributed by atoms with Crippen LogP contribution in [0.1, 0.15) is 47.1 Å². The zero-order chi connectivity index (χ0) is 29.5. The van der Waals surface area contributed by atoms with Crippen molar-refractivity contribution in [3.8, 4) is 22.6 Å². The van der Waals surface area contributed by atoms with Crippen molar-refractivity contribution < 1.29 is 19.1 Å². The summed E-state index contributed by atoms with van der Waals surface area (Å²) in [6, 6.07) is 18.4. The molecule has 0 fully saturated rings. The molecule has 0 aliphatic heterocycles. The van der Waals surface area contributed by atoms with Crippen molar-refractivity contribution in [3.63, 3.8) is 0 Å². The van der Waals surface area contributed by atoms with Crippen molar-refractivity contribution in [3.05, 3.63) is 101 Å². The Bertz CT molecular complexity index is 1670. The Morgan fingerprint density at radius 3 is 2.57 bits per heavy atom. The van der Waals surface area contributed by atoms with Crippen molar-refractivity contribution >= 4 is 11.9 Å². The molecule has 3 N–H and O–H groups in total. The molecule has 0 aliphatic carbocycles. The first-order valence-electron chi connectivity index (χ1n) is 13.5. The van der Waals surface area contributed by atoms with Crippen LogP contribution in [0.2, 0.25) is 0 Å². The molecule has 11 nitrogen and oxygen atoms in total. The second kappa shape index (κ2) is 12.9. The lowest BCUT2D eigenvalue weighted by Crippen LogP contribution is -2.38. The van der Waals surface area contributed by atoms with Crippen LogP contribution in [-0.2, 0) is 24.2 Å². The highest BCUT2D eigenvalue weighted by Crippen LogP contribution is 2.28. The summed E-state index contributed by atoms with van der Waals surface area (Å²) in [6.07, 6.45) is 3.18. The number of aromatic amines is 1. The Morgan fingerprint density at radius 1 is 1.05 bits per heavy atom. The predicted molar refractivity (Wildman–Crippen MR) is 152 cm³/mol. The molecule has 0 unspecified atom stereocenters. The van der Waals surface area contributed by atoms with Gasteiger partial charge in [-0.2, -0.15) is 10.3 Å². The number of rotatable bonds is 12. The number of benzene rings is 2. The van der Waals surface area contributed by atoms with Crippen molar-refractivity contribution in [2.24, 2.45) is 0 Å². The number of aromatic nitrogens is 7. The summed E-state index contributed by atoms with van der Waals surface area (Å²) in [4.78, 5) is 29.3. The average molecular weight is 569 g/mol. The molecule has 3 heterocycles. The van der Waals surface area contributed by atoms with Gasteiger partial charge in [-0.1, -0.05) is 55.8 Å². The standard InChI is InChI=1S/C30H29FN8O3/c1-2-6-23-16-27(30(42)33-22(15-28(40)41)14-19-7-5-8-21(31)13-19)36-39(23)18-20-11-12-26(32-17-20)24-9-3-4-10-25(24)29-34-37-38-35-29/h3-5,7-13,16-17,22H,2,6,14-15,18H2,1H3,(H,33,42)(H,40,41)(H,34,35,37,38)/t22-/m1/s1. The Labute approximate surface area is 240 Å². The Balaban J connectivity index is 1.33. The van der Waals surface area contributed by atoms with Gasteiger partial charge in [0.1, 0.15) is 11.5 Å². The highest BCUT2D eigenvalue weighted by Gasteiger charge is 2.21. The number of carbonyl (C=O) groups is 2. The van der Waals surface area contributed by atoms with E-state index in [1.807, 2.05) is 43.3 Å². The Kier molecular flexibility index (Phi) is 8.71. The van der Waals surface area contributed by atoms with E-state index < -0.39 is 23.7 Å². The summed E-state index contributed by atoms with van der Waals surface area (Å²) in [5, 5.41) is 31.0. The van der Waals surface area contributed by atoms with Gasteiger partial charge < -0.3 is 10.4 Å². The predicted octanol–water partition coefficient (Wildman–Crippen LogP) is 4.08. The third-order valence-electron chi connectivity index (χ3n) is 6.68. The van der Waals surface area contributed by atoms with Crippen molar-refractivity contribution in [1.29, 1.82) is 0 Å². The first-order valence-corrected chi connectivity index (χ1v) is 13.5. The fourth-order valence-electron chi connectivity index (χ4n) is 4.78. The quantitative estimate of drug-likeness (QED) is 0.204. The van der Waals surface area contributed by atoms with E-state index in [9.17, 15) is 19.1 Å². The van der Waals surface area contributed by atoms with E-state index in [1.165, 1.54) is 12.1 Å². The molecule has 0 aliphatic rings. The summed E-state index contributed by atoms with van der Waals surface area (Å²) in [5.41, 5.74) is 4.95. The van der Waals surface area contributed by atoms with Gasteiger partial charge in [-0.15, -0.1) is 10.2 Å². The summed E-state index contributed by atoms with van der Waals surface area (Å²) in [5.74, 6) is -1.50. The molecule has 0 bridgehead atoms. The van der Waals surface area contributed by atoms with Crippen LogP contribution in [0.3, 0.4) is 0 Å². The zero-order valence-corrected chi connectivity index (χ0v) is 22.9. The van der Waals surface area contributed by atoms with E-state index in [4.69, 9.17) is 0 Å². The molecule has 0 saturated heterocycles. The summed E-state index contributed by atoms with van der Waals surface area (Å²) >= 11 is 0. The average Bonchev–Trinajstić information content (AvgIpc) is 3.64. The van der Waals surface area contributed by atoms with Gasteiger partial charge in [-0.3, -0.25) is 19.3 Å². The van der Waals surface area contributed by atoms with Gasteiger partial charge in [0.05, 0.1) is 18.7 Å². The highest BCUT2D eigenvalue weighted by molar-refractivity contribution is 5.93. The lowest BCUT2D eigenvalue weighted by atomic mass is 10.0. The number of carboxylic acid groups (broad SMARTS) is 1. The van der Waals surface area contributed by atoms with Gasteiger partial charge in [0.15, 0.2) is 0 Å². The van der Waals surface area contributed by atoms with Gasteiger partial charge >= 0.3 is 5.97 Å². The number of tetrazole rings is 1. The molecule has 214 valence electrons. The van der Waals surface area contributed by atoms with Crippen LogP contribution in [-0.4, -0.2) is 58.4 Å². The first-order chi connectivity index (χ1) is 20.4. The monoisotopic (exact) mass is 568 g/mol. The molecule has 0 saturated carbocycles. The minimum absolute atomic E-state index is 0.173. The number of carbonyl (C=O) groups excluding carboxylic acids is 1. The van der Waals surface area contributed by atoms with Crippen molar-refractivity contribution in [2.75, 3.05) is 0 Å². The molecule has 5 aromatic rings. The SMILES string of the molecule is CCCc1cc(C(=O)N[C@@H](CC(=O)O)Cc2cccc(F)c2)nn1Cc1ccc(-c2ccccc2-c2nn[nH]n2)nc1. The number of H-pyrrole nitrogens is 1. The number of halogens is 1. The molecule has 0 radical (unpaired) electrons. The van der Waals surface area contributed by atoms with Gasteiger partial charge in [0.25, 0.3) is 5.91 Å². The maximum Gasteiger partial charge on any atom is 0.305 e. The van der Waals surface area contributed by atoms with Crippen LogP contribution in [0.5, 0.6) is 0 Å². The van der Waals surface area contributed by atoms with Crippen LogP contribution < -0.4 is 5.32 Å². The summed E-state index contributed by atoms with van der Waals surface area (Å²) in [7, 11) is 0. The topological polar surface area (TPSA) is 152 Å². The van der Waals surface area contributed by atoms with Crippen LogP contribution in [0, 0.1) is 5.82 Å². The van der Waals surface area contributed by atoms with E-state index in [0.29, 0.717) is 24.4 Å². The third-order valence-corrected chi connectivity index (χ3v) is 6.68. The number of carboxylic acids is 1. The van der Waals surface area contributed by atoms with Crippen molar-refractivity contribution in [1.82, 2.24) is 40.7 Å². The number of aliphatic carboxylic acids is 1. The number of hydrogen-bond acceptors (Lipinski definition) is 7. The number of nitrogens with zero attached hydrogens (tertiary/aromatic N) is 6. The fourth-order valence-corrected chi connectivity index (χ4v) is 4.78. The molecule has 42 heavy (non-hydrogen) atoms. The van der Waals surface area contributed by atoms with Crippen LogP contribution in [0.4, 0.5) is 4.39 Å². The molecule has 3 aromatic heterocycles. The molecule has 1 amide bonds. The van der Waals surface area contributed by atoms with E-state index in [1.54, 1.807) is 29.1 Å². The second-order valence-electron chi connectivity index (χ2n) is 9.86. The Morgan fingerprint density at radius 2 is 1.88 bits per heavy atom. The fraction of sp³-hybridized carbons (Fsp3) is 0.233. The third kappa shape index (κ3) is 6.89. The van der Waals surface area contributed by atoms with Gasteiger partial charge in [-0.05, 0) is 53.4 Å². The maximum absolute atomic E-state index is 13.7. The first kappa shape index (κ1) is 28.3. The molecular formula is C30H29FN8O3.